The Morgan fingerprint density at radius 1 is 0.274 bits per heavy atom. The number of aliphatic hydroxyl groups excluding tert-OH is 3. The Labute approximate surface area is 732 Å². The number of ether oxygens (including phenoxy) is 13. The van der Waals surface area contributed by atoms with Gasteiger partial charge < -0.3 is 92.8 Å². The van der Waals surface area contributed by atoms with Gasteiger partial charge >= 0.3 is 18.3 Å². The number of carbonyl (C=O) groups excluding carboxylic acids is 4. The van der Waals surface area contributed by atoms with E-state index in [0.717, 1.165) is 149 Å². The molecule has 0 fully saturated rings. The van der Waals surface area contributed by atoms with Crippen LogP contribution in [0, 0.1) is 0 Å². The third-order valence-corrected chi connectivity index (χ3v) is 11.8. The van der Waals surface area contributed by atoms with Crippen molar-refractivity contribution in [3.63, 3.8) is 0 Å². The van der Waals surface area contributed by atoms with E-state index in [2.05, 4.69) is 61.2 Å². The van der Waals surface area contributed by atoms with Crippen LogP contribution in [0.4, 0.5) is 9.59 Å². The average Bonchev–Trinajstić information content (AvgIpc) is 1.08. The molecular formula is C88H223N5O24. The lowest BCUT2D eigenvalue weighted by Crippen LogP contribution is -2.35. The van der Waals surface area contributed by atoms with Gasteiger partial charge in [0.05, 0.1) is 104 Å². The van der Waals surface area contributed by atoms with Crippen LogP contribution in [0.25, 0.3) is 0 Å². The second-order valence-electron chi connectivity index (χ2n) is 21.1. The van der Waals surface area contributed by atoms with Gasteiger partial charge in [-0.2, -0.15) is 9.59 Å². The predicted molar refractivity (Wildman–Crippen MR) is 505 cm³/mol. The van der Waals surface area contributed by atoms with E-state index >= 15 is 0 Å². The Hall–Kier alpha value is -2.92. The molecular weight excluding hydrogens is 1510 g/mol. The molecule has 29 nitrogen and oxygen atoms in total. The molecule has 0 aromatic carbocycles. The van der Waals surface area contributed by atoms with Crippen LogP contribution in [0.1, 0.15) is 352 Å². The van der Waals surface area contributed by atoms with Crippen LogP contribution in [0.3, 0.4) is 0 Å². The molecule has 744 valence electrons. The van der Waals surface area contributed by atoms with Gasteiger partial charge in [0.25, 0.3) is 0 Å². The molecule has 117 heavy (non-hydrogen) atoms. The fourth-order valence-electron chi connectivity index (χ4n) is 6.46. The normalized spacial score (nSPS) is 9.53. The van der Waals surface area contributed by atoms with Crippen LogP contribution in [0.15, 0.2) is 0 Å². The minimum atomic E-state index is -0.448. The zero-order chi connectivity index (χ0) is 77.5. The summed E-state index contributed by atoms with van der Waals surface area (Å²) in [6, 6.07) is 0. The van der Waals surface area contributed by atoms with E-state index in [1.54, 1.807) is 0 Å². The van der Waals surface area contributed by atoms with E-state index in [1.807, 2.05) is 76.2 Å². The molecule has 3 atom stereocenters. The van der Waals surface area contributed by atoms with E-state index in [1.165, 1.54) is 38.5 Å². The summed E-state index contributed by atoms with van der Waals surface area (Å²) in [6.07, 6.45) is 18.7. The fraction of sp³-hybridized carbons (Fsp3) is 0.966. The minimum absolute atomic E-state index is 0. The van der Waals surface area contributed by atoms with Crippen LogP contribution in [0.5, 0.6) is 0 Å². The van der Waals surface area contributed by atoms with Gasteiger partial charge in [0.1, 0.15) is 33.5 Å². The van der Waals surface area contributed by atoms with Gasteiger partial charge in [-0.25, -0.2) is 29.1 Å². The van der Waals surface area contributed by atoms with Gasteiger partial charge in [0.15, 0.2) is 0 Å². The summed E-state index contributed by atoms with van der Waals surface area (Å²) >= 11 is 0. The van der Waals surface area contributed by atoms with Crippen molar-refractivity contribution in [1.29, 1.82) is 0 Å². The third kappa shape index (κ3) is 241. The first kappa shape index (κ1) is 184. The van der Waals surface area contributed by atoms with E-state index in [-0.39, 0.29) is 170 Å². The van der Waals surface area contributed by atoms with Crippen molar-refractivity contribution in [2.75, 3.05) is 205 Å². The van der Waals surface area contributed by atoms with Gasteiger partial charge in [-0.15, -0.1) is 0 Å². The quantitative estimate of drug-likeness (QED) is 0.0121. The maximum absolute atomic E-state index is 11.1. The van der Waals surface area contributed by atoms with Crippen molar-refractivity contribution >= 4 is 18.3 Å². The molecule has 0 bridgehead atoms. The maximum Gasteiger partial charge on any atom is 0.408 e. The number of aliphatic hydroxyl groups is 3. The second kappa shape index (κ2) is 196. The van der Waals surface area contributed by atoms with Gasteiger partial charge in [0, 0.05) is 79.2 Å². The highest BCUT2D eigenvalue weighted by Crippen LogP contribution is 2.07. The van der Waals surface area contributed by atoms with Gasteiger partial charge in [-0.05, 0) is 133 Å². The summed E-state index contributed by atoms with van der Waals surface area (Å²) < 4.78 is 65.8. The number of hydrogen-bond acceptors (Lipinski definition) is 27. The van der Waals surface area contributed by atoms with E-state index in [0.29, 0.717) is 113 Å². The second-order valence-corrected chi connectivity index (χ2v) is 21.1. The Bertz CT molecular complexity index is 1370. The Morgan fingerprint density at radius 3 is 1.01 bits per heavy atom. The number of unbranched alkanes of at least 4 members (excludes halogenated alkanes) is 6. The number of nitrogens with one attached hydrogen (secondary N) is 5. The van der Waals surface area contributed by atoms with E-state index < -0.39 is 12.2 Å². The smallest absolute Gasteiger partial charge is 0.408 e. The first-order chi connectivity index (χ1) is 49.2. The SMILES string of the molecule is C.C.C.C.C.C.C.C.C.C.C.C.C.C.C.C.CCCC(O)CCCCOCC.CCCC(O)COCCOCC.CCCCCC(O)COCC.CCCCOC(=O)NCNCOOCCOCC.CCCCOCC.CCCCOCCOCOCC.CCCNCCOCC.CCCOC(=O)NCNCOOCCOCC.O=C=O. The van der Waals surface area contributed by atoms with Crippen molar-refractivity contribution in [3.05, 3.63) is 0 Å². The van der Waals surface area contributed by atoms with Crippen LogP contribution in [-0.2, 0) is 90.7 Å². The molecule has 0 aliphatic carbocycles. The molecule has 0 aliphatic rings. The summed E-state index contributed by atoms with van der Waals surface area (Å²) in [4.78, 5) is 57.4. The van der Waals surface area contributed by atoms with Crippen LogP contribution in [0.2, 0.25) is 0 Å². The first-order valence-electron chi connectivity index (χ1n) is 38.0. The highest BCUT2D eigenvalue weighted by molar-refractivity contribution is 5.67. The maximum atomic E-state index is 11.1. The molecule has 0 saturated carbocycles. The summed E-state index contributed by atoms with van der Waals surface area (Å²) in [6.45, 7) is 51.3. The highest BCUT2D eigenvalue weighted by atomic mass is 17.2. The van der Waals surface area contributed by atoms with Crippen molar-refractivity contribution in [3.8, 4) is 0 Å². The summed E-state index contributed by atoms with van der Waals surface area (Å²) in [5.74, 6) is 0. The zero-order valence-electron chi connectivity index (χ0n) is 67.0. The number of alkyl carbamates (subject to hydrolysis) is 2. The Balaban J connectivity index is -0.0000000355. The summed E-state index contributed by atoms with van der Waals surface area (Å²) in [7, 11) is 0. The molecule has 3 unspecified atom stereocenters. The van der Waals surface area contributed by atoms with Crippen molar-refractivity contribution in [2.45, 2.75) is 370 Å². The van der Waals surface area contributed by atoms with Crippen LogP contribution < -0.4 is 26.6 Å². The number of carbonyl (C=O) groups is 2. The molecule has 2 amide bonds. The molecule has 0 radical (unpaired) electrons. The molecule has 0 spiro atoms. The molecule has 0 aromatic heterocycles. The predicted octanol–water partition coefficient (Wildman–Crippen LogP) is 21.4. The Kier molecular flexibility index (Phi) is 308. The lowest BCUT2D eigenvalue weighted by molar-refractivity contribution is -0.303. The number of rotatable bonds is 65. The zero-order valence-corrected chi connectivity index (χ0v) is 67.0. The van der Waals surface area contributed by atoms with Crippen molar-refractivity contribution < 1.29 is 116 Å². The fourth-order valence-corrected chi connectivity index (χ4v) is 6.46. The third-order valence-electron chi connectivity index (χ3n) is 11.8. The highest BCUT2D eigenvalue weighted by Gasteiger charge is 2.05. The van der Waals surface area contributed by atoms with E-state index in [9.17, 15) is 24.9 Å². The molecule has 8 N–H and O–H groups in total. The minimum Gasteiger partial charge on any atom is -0.450 e. The summed E-state index contributed by atoms with van der Waals surface area (Å²) in [5, 5.41) is 41.7. The first-order valence-corrected chi connectivity index (χ1v) is 38.0. The van der Waals surface area contributed by atoms with E-state index in [4.69, 9.17) is 90.7 Å². The van der Waals surface area contributed by atoms with Gasteiger partial charge in [-0.1, -0.05) is 226 Å². The van der Waals surface area contributed by atoms with Crippen LogP contribution in [-0.4, -0.2) is 257 Å². The van der Waals surface area contributed by atoms with Crippen molar-refractivity contribution in [2.24, 2.45) is 0 Å². The molecule has 0 heterocycles. The van der Waals surface area contributed by atoms with Gasteiger partial charge in [-0.3, -0.25) is 10.6 Å². The monoisotopic (exact) mass is 1730 g/mol. The largest absolute Gasteiger partial charge is 0.450 e. The average molecular weight is 1740 g/mol. The lowest BCUT2D eigenvalue weighted by Gasteiger charge is -2.09. The molecule has 29 heteroatoms. The molecule has 0 aliphatic heterocycles. The standard InChI is InChI=1S/C11H24N2O5.C10H22N2O5.C10H22O2.2C9H20O3.C9H20O2.C7H17NO.C6H14O.CO2.16CH4/c1-3-5-6-16-11(14)13-9-12-10-18-17-8-7-15-4-2;1-3-5-15-10(13)12-8-11-9-17-16-7-6-14-4-2;1-3-7-10(11)8-5-6-9-12-4-2;1-3-5-9(10)8-12-7-6-11-4-2;1-3-5-6-11-7-8-12-9-10-4-2;1-3-5-6-7-9(10)8-11-4-2;1-3-5-8-6-7-9-4-2;1-3-5-6-7-4-2;2-1-3;;;;;;;;;;;;;;;;/h12H,3-10H2,1-2H3,(H,13,14);11H,3-9H2,1-2H3,(H,12,13);10-11H,3-9H2,1-2H3;9-10H,3-8H2,1-2H3;3-9H2,1-2H3;9-10H,3-8H2,1-2H3;8H,3-7H2,1-2H3;3-6H2,1-2H3;;16*1H4. The number of amides is 2. The molecule has 0 rings (SSSR count). The molecule has 0 aromatic rings. The lowest BCUT2D eigenvalue weighted by atomic mass is 10.1. The Morgan fingerprint density at radius 2 is 0.598 bits per heavy atom. The number of hydrogen-bond donors (Lipinski definition) is 8. The van der Waals surface area contributed by atoms with Gasteiger partial charge in [0.2, 0.25) is 0 Å². The molecule has 0 saturated heterocycles. The van der Waals surface area contributed by atoms with Crippen molar-refractivity contribution in [1.82, 2.24) is 26.6 Å². The topological polar surface area (TPSA) is 346 Å². The summed E-state index contributed by atoms with van der Waals surface area (Å²) in [5.41, 5.74) is 0. The van der Waals surface area contributed by atoms with Crippen LogP contribution >= 0.6 is 0 Å².